The van der Waals surface area contributed by atoms with Crippen molar-refractivity contribution in [2.75, 3.05) is 19.8 Å². The minimum Gasteiger partial charge on any atom is -0.507 e. The van der Waals surface area contributed by atoms with Crippen LogP contribution in [0.25, 0.3) is 0 Å². The largest absolute Gasteiger partial charge is 0.507 e. The molecular formula is C60H87N3O12. The number of nitrogens with zero attached hydrogens (tertiary/aromatic N) is 3. The third kappa shape index (κ3) is 14.2. The van der Waals surface area contributed by atoms with Gasteiger partial charge in [0.2, 0.25) is 0 Å². The van der Waals surface area contributed by atoms with Crippen LogP contribution in [0.15, 0.2) is 50.8 Å². The van der Waals surface area contributed by atoms with Crippen molar-refractivity contribution in [1.29, 1.82) is 0 Å². The van der Waals surface area contributed by atoms with Crippen LogP contribution in [-0.4, -0.2) is 66.7 Å². The molecule has 0 amide bonds. The van der Waals surface area contributed by atoms with Gasteiger partial charge in [0.15, 0.2) is 0 Å². The molecule has 3 unspecified atom stereocenters. The maximum atomic E-state index is 14.1. The Morgan fingerprint density at radius 1 is 0.373 bits per heavy atom. The highest BCUT2D eigenvalue weighted by molar-refractivity contribution is 5.79. The zero-order valence-corrected chi connectivity index (χ0v) is 48.8. The van der Waals surface area contributed by atoms with Gasteiger partial charge < -0.3 is 29.5 Å². The highest BCUT2D eigenvalue weighted by Gasteiger charge is 2.33. The summed E-state index contributed by atoms with van der Waals surface area (Å²) < 4.78 is 19.3. The van der Waals surface area contributed by atoms with E-state index in [1.807, 2.05) is 125 Å². The number of carbonyl (C=O) groups excluding carboxylic acids is 3. The summed E-state index contributed by atoms with van der Waals surface area (Å²) >= 11 is 0. The first-order valence-corrected chi connectivity index (χ1v) is 26.1. The van der Waals surface area contributed by atoms with Crippen LogP contribution in [0.2, 0.25) is 0 Å². The third-order valence-electron chi connectivity index (χ3n) is 13.9. The van der Waals surface area contributed by atoms with E-state index in [9.17, 15) is 44.1 Å². The Hall–Kier alpha value is -6.12. The van der Waals surface area contributed by atoms with Gasteiger partial charge in [0.1, 0.15) is 37.1 Å². The fourth-order valence-corrected chi connectivity index (χ4v) is 8.90. The van der Waals surface area contributed by atoms with Crippen LogP contribution >= 0.6 is 0 Å². The summed E-state index contributed by atoms with van der Waals surface area (Å²) in [6, 6.07) is 10.7. The van der Waals surface area contributed by atoms with E-state index < -0.39 is 125 Å². The monoisotopic (exact) mass is 1040 g/mol. The number of hydrogen-bond donors (Lipinski definition) is 3. The van der Waals surface area contributed by atoms with Gasteiger partial charge in [-0.1, -0.05) is 161 Å². The third-order valence-corrected chi connectivity index (χ3v) is 13.9. The molecule has 0 aliphatic carbocycles. The van der Waals surface area contributed by atoms with Crippen LogP contribution in [0.1, 0.15) is 213 Å². The van der Waals surface area contributed by atoms with Crippen molar-refractivity contribution in [2.24, 2.45) is 0 Å². The van der Waals surface area contributed by atoms with Crippen LogP contribution < -0.4 is 17.1 Å². The molecule has 3 atom stereocenters. The van der Waals surface area contributed by atoms with E-state index >= 15 is 0 Å². The van der Waals surface area contributed by atoms with Gasteiger partial charge in [-0.05, 0) is 103 Å². The maximum absolute atomic E-state index is 14.1. The quantitative estimate of drug-likeness (QED) is 0.0752. The zero-order chi connectivity index (χ0) is 57.5. The summed E-state index contributed by atoms with van der Waals surface area (Å²) in [6.07, 6.45) is 0. The lowest BCUT2D eigenvalue weighted by Gasteiger charge is -2.29. The lowest BCUT2D eigenvalue weighted by molar-refractivity contribution is -0.146. The topological polar surface area (TPSA) is 206 Å². The summed E-state index contributed by atoms with van der Waals surface area (Å²) in [5, 5.41) is 33.8. The van der Waals surface area contributed by atoms with Crippen LogP contribution in [0.3, 0.4) is 0 Å². The number of aromatic nitrogens is 3. The fourth-order valence-electron chi connectivity index (χ4n) is 8.90. The number of hydrogen-bond acceptors (Lipinski definition) is 12. The fraction of sp³-hybridized carbons (Fsp3) is 0.600. The molecule has 15 nitrogen and oxygen atoms in total. The Morgan fingerprint density at radius 3 is 0.680 bits per heavy atom. The molecule has 3 aromatic carbocycles. The van der Waals surface area contributed by atoms with E-state index in [4.69, 9.17) is 14.2 Å². The lowest BCUT2D eigenvalue weighted by Crippen LogP contribution is -2.55. The Balaban J connectivity index is 1.68. The van der Waals surface area contributed by atoms with Gasteiger partial charge in [-0.3, -0.25) is 14.4 Å². The molecule has 0 bridgehead atoms. The molecule has 414 valence electrons. The second-order valence-electron chi connectivity index (χ2n) is 26.4. The Kier molecular flexibility index (Phi) is 18.2. The van der Waals surface area contributed by atoms with Crippen LogP contribution in [0, 0.1) is 0 Å². The molecule has 1 heterocycles. The summed E-state index contributed by atoms with van der Waals surface area (Å²) in [4.78, 5) is 83.5. The van der Waals surface area contributed by atoms with E-state index in [2.05, 4.69) is 0 Å². The number of ether oxygens (including phenoxy) is 3. The number of esters is 3. The molecule has 3 N–H and O–H groups in total. The summed E-state index contributed by atoms with van der Waals surface area (Å²) in [5.74, 6) is -3.93. The van der Waals surface area contributed by atoms with Gasteiger partial charge in [0.25, 0.3) is 0 Å². The number of aromatic hydroxyl groups is 3. The number of rotatable bonds is 15. The predicted octanol–water partition coefficient (Wildman–Crippen LogP) is 10.1. The van der Waals surface area contributed by atoms with Crippen LogP contribution in [-0.2, 0) is 80.7 Å². The second-order valence-corrected chi connectivity index (χ2v) is 26.4. The number of carbonyl (C=O) groups is 3. The number of benzene rings is 3. The predicted molar refractivity (Wildman–Crippen MR) is 294 cm³/mol. The van der Waals surface area contributed by atoms with E-state index in [1.54, 1.807) is 57.2 Å². The molecule has 0 spiro atoms. The summed E-state index contributed by atoms with van der Waals surface area (Å²) in [7, 11) is 0. The van der Waals surface area contributed by atoms with Crippen molar-refractivity contribution in [2.45, 2.75) is 215 Å². The molecule has 0 saturated carbocycles. The molecular weight excluding hydrogens is 955 g/mol. The van der Waals surface area contributed by atoms with Crippen molar-refractivity contribution in [3.63, 3.8) is 0 Å². The molecule has 0 saturated heterocycles. The Bertz CT molecular complexity index is 2510. The summed E-state index contributed by atoms with van der Waals surface area (Å²) in [5.41, 5.74) is -0.0796. The first-order valence-electron chi connectivity index (χ1n) is 26.1. The Labute approximate surface area is 444 Å². The minimum absolute atomic E-state index is 0.155. The van der Waals surface area contributed by atoms with Gasteiger partial charge in [0.05, 0.1) is 37.4 Å². The number of phenolic OH excluding ortho intramolecular Hbond substituents is 3. The molecule has 4 rings (SSSR count). The standard InChI is InChI=1S/C60H87N3O12/c1-34(37-28-40(55(4,5)6)46(64)41(29-37)56(7,8)9)49(67)73-25-22-61-52(70)62(23-26-74-50(68)35(2)38-30-42(57(10,11)12)47(65)43(31-38)58(13,14)15)54(72)63(53(61)71)24-27-75-51(69)36(3)39-32-44(59(16,17)18)48(66)45(33-39)60(19,20)21/h28-36,64-66H,22-27H2,1-21H3. The first kappa shape index (κ1) is 61.4. The smallest absolute Gasteiger partial charge is 0.336 e. The van der Waals surface area contributed by atoms with Gasteiger partial charge in [0, 0.05) is 0 Å². The highest BCUT2D eigenvalue weighted by Crippen LogP contribution is 2.44. The molecule has 4 aromatic rings. The van der Waals surface area contributed by atoms with E-state index in [0.717, 1.165) is 13.7 Å². The second kappa shape index (κ2) is 22.2. The molecule has 0 radical (unpaired) electrons. The van der Waals surface area contributed by atoms with Crippen molar-refractivity contribution >= 4 is 17.9 Å². The molecule has 15 heteroatoms. The highest BCUT2D eigenvalue weighted by atomic mass is 16.5. The molecule has 75 heavy (non-hydrogen) atoms. The average Bonchev–Trinajstić information content (AvgIpc) is 3.26. The van der Waals surface area contributed by atoms with Crippen molar-refractivity contribution in [3.8, 4) is 17.2 Å². The minimum atomic E-state index is -1.04. The van der Waals surface area contributed by atoms with E-state index in [-0.39, 0.29) is 17.2 Å². The van der Waals surface area contributed by atoms with Crippen molar-refractivity contribution in [1.82, 2.24) is 13.7 Å². The van der Waals surface area contributed by atoms with E-state index in [1.165, 1.54) is 0 Å². The van der Waals surface area contributed by atoms with Crippen molar-refractivity contribution in [3.05, 3.63) is 118 Å². The van der Waals surface area contributed by atoms with Gasteiger partial charge >= 0.3 is 35.0 Å². The van der Waals surface area contributed by atoms with Crippen LogP contribution in [0.4, 0.5) is 0 Å². The average molecular weight is 1040 g/mol. The van der Waals surface area contributed by atoms with E-state index in [0.29, 0.717) is 50.1 Å². The molecule has 0 aliphatic heterocycles. The normalized spacial score (nSPS) is 14.0. The van der Waals surface area contributed by atoms with Crippen LogP contribution in [0.5, 0.6) is 17.2 Å². The van der Waals surface area contributed by atoms with Gasteiger partial charge in [-0.2, -0.15) is 0 Å². The molecule has 0 aliphatic rings. The number of phenols is 3. The maximum Gasteiger partial charge on any atom is 0.336 e. The lowest BCUT2D eigenvalue weighted by atomic mass is 9.77. The van der Waals surface area contributed by atoms with Gasteiger partial charge in [-0.25, -0.2) is 28.1 Å². The first-order chi connectivity index (χ1) is 34.0. The Morgan fingerprint density at radius 2 is 0.533 bits per heavy atom. The molecule has 0 fully saturated rings. The zero-order valence-electron chi connectivity index (χ0n) is 48.8. The van der Waals surface area contributed by atoms with Gasteiger partial charge in [-0.15, -0.1) is 0 Å². The van der Waals surface area contributed by atoms with Crippen molar-refractivity contribution < 1.29 is 43.9 Å². The summed E-state index contributed by atoms with van der Waals surface area (Å²) in [6.45, 7) is 37.7. The molecule has 1 aromatic heterocycles. The SMILES string of the molecule is CC(C(=O)OCCn1c(=O)n(CCOC(=O)C(C)c2cc(C(C)(C)C)c(O)c(C(C)(C)C)c2)c(=O)n(CCOC(=O)C(C)c2cc(C(C)(C)C)c(O)c(C(C)(C)C)c2)c1=O)c1cc(C(C)(C)C)c(O)c(C(C)(C)C)c1.